The monoisotopic (exact) mass is 438 g/mol. The molecule has 0 atom stereocenters. The summed E-state index contributed by atoms with van der Waals surface area (Å²) in [6.07, 6.45) is -0.462. The molecule has 0 bridgehead atoms. The highest BCUT2D eigenvalue weighted by Crippen LogP contribution is 2.39. The molecule has 0 heterocycles. The molecular weight excluding hydrogens is 400 g/mol. The third kappa shape index (κ3) is 8.82. The van der Waals surface area contributed by atoms with Crippen LogP contribution in [-0.2, 0) is 11.3 Å². The number of carbonyl (C=O) groups is 1. The number of methoxy groups -OCH3 is 3. The normalized spacial score (nSPS) is 12.1. The first-order chi connectivity index (χ1) is 14.5. The Balaban J connectivity index is 2.90. The van der Waals surface area contributed by atoms with E-state index in [0.717, 1.165) is 5.56 Å². The first kappa shape index (κ1) is 26.2. The summed E-state index contributed by atoms with van der Waals surface area (Å²) in [6.45, 7) is 12.8. The molecule has 9 nitrogen and oxygen atoms in total. The lowest BCUT2D eigenvalue weighted by Crippen LogP contribution is -2.54. The van der Waals surface area contributed by atoms with E-state index in [1.165, 1.54) is 0 Å². The number of aliphatic imine (C=N–C) groups is 1. The fourth-order valence-corrected chi connectivity index (χ4v) is 2.72. The maximum atomic E-state index is 12.1. The molecule has 0 unspecified atom stereocenters. The van der Waals surface area contributed by atoms with E-state index in [1.54, 1.807) is 21.3 Å². The first-order valence-electron chi connectivity index (χ1n) is 10.3. The second-order valence-corrected chi connectivity index (χ2v) is 8.55. The van der Waals surface area contributed by atoms with Crippen LogP contribution in [0.3, 0.4) is 0 Å². The topological polar surface area (TPSA) is 102 Å². The van der Waals surface area contributed by atoms with Crippen LogP contribution in [0.4, 0.5) is 4.79 Å². The van der Waals surface area contributed by atoms with E-state index in [9.17, 15) is 4.79 Å². The molecule has 1 aromatic carbocycles. The number of guanidine groups is 1. The molecular formula is C22H38N4O5. The van der Waals surface area contributed by atoms with Crippen molar-refractivity contribution in [1.82, 2.24) is 16.0 Å². The van der Waals surface area contributed by atoms with E-state index >= 15 is 0 Å². The smallest absolute Gasteiger partial charge is 0.408 e. The third-order valence-corrected chi connectivity index (χ3v) is 4.07. The summed E-state index contributed by atoms with van der Waals surface area (Å²) in [4.78, 5) is 16.7. The van der Waals surface area contributed by atoms with E-state index in [-0.39, 0.29) is 0 Å². The van der Waals surface area contributed by atoms with Gasteiger partial charge in [-0.25, -0.2) is 9.79 Å². The van der Waals surface area contributed by atoms with Gasteiger partial charge in [0, 0.05) is 18.7 Å². The maximum absolute atomic E-state index is 12.1. The summed E-state index contributed by atoms with van der Waals surface area (Å²) in [5.74, 6) is 2.30. The zero-order valence-corrected chi connectivity index (χ0v) is 20.3. The molecule has 0 saturated heterocycles. The van der Waals surface area contributed by atoms with E-state index < -0.39 is 17.2 Å². The Morgan fingerprint density at radius 3 is 2.13 bits per heavy atom. The molecule has 0 spiro atoms. The van der Waals surface area contributed by atoms with E-state index in [2.05, 4.69) is 20.9 Å². The largest absolute Gasteiger partial charge is 0.493 e. The van der Waals surface area contributed by atoms with Gasteiger partial charge in [-0.05, 0) is 53.7 Å². The van der Waals surface area contributed by atoms with Crippen LogP contribution in [0.2, 0.25) is 0 Å². The van der Waals surface area contributed by atoms with E-state index in [1.807, 2.05) is 53.7 Å². The fraction of sp³-hybridized carbons (Fsp3) is 0.636. The van der Waals surface area contributed by atoms with Gasteiger partial charge in [-0.15, -0.1) is 0 Å². The zero-order chi connectivity index (χ0) is 23.7. The number of nitrogens with one attached hydrogen (secondary N) is 3. The number of carbonyl (C=O) groups excluding carboxylic acids is 1. The SMILES string of the molecule is CCNC(=NCc1ccc(OC)c(OC)c1OC)NCC(C)(C)NC(=O)OC(C)(C)C. The summed E-state index contributed by atoms with van der Waals surface area (Å²) in [6, 6.07) is 3.71. The molecule has 0 radical (unpaired) electrons. The van der Waals surface area contributed by atoms with Gasteiger partial charge in [-0.3, -0.25) is 0 Å². The highest BCUT2D eigenvalue weighted by molar-refractivity contribution is 5.80. The van der Waals surface area contributed by atoms with Crippen molar-refractivity contribution >= 4 is 12.1 Å². The summed E-state index contributed by atoms with van der Waals surface area (Å²) in [5, 5.41) is 9.34. The summed E-state index contributed by atoms with van der Waals surface area (Å²) < 4.78 is 21.6. The standard InChI is InChI=1S/C22H38N4O5/c1-10-23-19(25-14-22(5,6)26-20(27)31-21(2,3)4)24-13-15-11-12-16(28-7)18(30-9)17(15)29-8/h11-12H,10,13-14H2,1-9H3,(H,26,27)(H2,23,24,25). The van der Waals surface area contributed by atoms with E-state index in [4.69, 9.17) is 18.9 Å². The van der Waals surface area contributed by atoms with Gasteiger partial charge in [-0.1, -0.05) is 0 Å². The Labute approximate surface area is 185 Å². The molecule has 0 saturated carbocycles. The van der Waals surface area contributed by atoms with Crippen LogP contribution in [0.1, 0.15) is 47.1 Å². The molecule has 0 aliphatic carbocycles. The Hall–Kier alpha value is -2.84. The molecule has 1 rings (SSSR count). The third-order valence-electron chi connectivity index (χ3n) is 4.07. The Morgan fingerprint density at radius 1 is 0.968 bits per heavy atom. The van der Waals surface area contributed by atoms with Gasteiger partial charge in [0.25, 0.3) is 0 Å². The fourth-order valence-electron chi connectivity index (χ4n) is 2.72. The minimum absolute atomic E-state index is 0.360. The van der Waals surface area contributed by atoms with Crippen molar-refractivity contribution < 1.29 is 23.7 Å². The number of alkyl carbamates (subject to hydrolysis) is 1. The van der Waals surface area contributed by atoms with Crippen LogP contribution in [0.15, 0.2) is 17.1 Å². The van der Waals surface area contributed by atoms with Crippen molar-refractivity contribution in [2.75, 3.05) is 34.4 Å². The van der Waals surface area contributed by atoms with Crippen LogP contribution in [0.25, 0.3) is 0 Å². The van der Waals surface area contributed by atoms with Gasteiger partial charge < -0.3 is 34.9 Å². The predicted molar refractivity (Wildman–Crippen MR) is 122 cm³/mol. The predicted octanol–water partition coefficient (Wildman–Crippen LogP) is 3.07. The van der Waals surface area contributed by atoms with Crippen molar-refractivity contribution in [3.63, 3.8) is 0 Å². The zero-order valence-electron chi connectivity index (χ0n) is 20.3. The molecule has 9 heteroatoms. The number of benzene rings is 1. The number of hydrogen-bond acceptors (Lipinski definition) is 6. The maximum Gasteiger partial charge on any atom is 0.408 e. The van der Waals surface area contributed by atoms with Gasteiger partial charge >= 0.3 is 6.09 Å². The van der Waals surface area contributed by atoms with Crippen LogP contribution < -0.4 is 30.2 Å². The molecule has 1 aromatic rings. The van der Waals surface area contributed by atoms with Crippen molar-refractivity contribution in [2.24, 2.45) is 4.99 Å². The van der Waals surface area contributed by atoms with Crippen LogP contribution in [0.5, 0.6) is 17.2 Å². The number of ether oxygens (including phenoxy) is 4. The molecule has 31 heavy (non-hydrogen) atoms. The molecule has 176 valence electrons. The molecule has 0 fully saturated rings. The van der Waals surface area contributed by atoms with Crippen molar-refractivity contribution in [1.29, 1.82) is 0 Å². The van der Waals surface area contributed by atoms with Gasteiger partial charge in [0.15, 0.2) is 17.5 Å². The van der Waals surface area contributed by atoms with Crippen LogP contribution >= 0.6 is 0 Å². The number of nitrogens with zero attached hydrogens (tertiary/aromatic N) is 1. The van der Waals surface area contributed by atoms with Crippen LogP contribution in [-0.4, -0.2) is 57.6 Å². The lowest BCUT2D eigenvalue weighted by atomic mass is 10.1. The van der Waals surface area contributed by atoms with Crippen molar-refractivity contribution in [2.45, 2.75) is 59.2 Å². The average Bonchev–Trinajstić information content (AvgIpc) is 2.67. The van der Waals surface area contributed by atoms with Gasteiger partial charge in [0.05, 0.1) is 33.4 Å². The van der Waals surface area contributed by atoms with Crippen LogP contribution in [0, 0.1) is 0 Å². The lowest BCUT2D eigenvalue weighted by Gasteiger charge is -2.29. The second kappa shape index (κ2) is 11.5. The number of hydrogen-bond donors (Lipinski definition) is 3. The lowest BCUT2D eigenvalue weighted by molar-refractivity contribution is 0.0474. The highest BCUT2D eigenvalue weighted by atomic mass is 16.6. The quantitative estimate of drug-likeness (QED) is 0.402. The van der Waals surface area contributed by atoms with Crippen molar-refractivity contribution in [3.8, 4) is 17.2 Å². The van der Waals surface area contributed by atoms with Gasteiger partial charge in [0.1, 0.15) is 5.60 Å². The highest BCUT2D eigenvalue weighted by Gasteiger charge is 2.25. The molecule has 0 aliphatic rings. The minimum Gasteiger partial charge on any atom is -0.493 e. The first-order valence-corrected chi connectivity index (χ1v) is 10.3. The Bertz CT molecular complexity index is 757. The minimum atomic E-state index is -0.556. The average molecular weight is 439 g/mol. The summed E-state index contributed by atoms with van der Waals surface area (Å²) in [5.41, 5.74) is -0.259. The van der Waals surface area contributed by atoms with E-state index in [0.29, 0.717) is 42.8 Å². The Morgan fingerprint density at radius 2 is 1.61 bits per heavy atom. The van der Waals surface area contributed by atoms with Gasteiger partial charge in [-0.2, -0.15) is 0 Å². The Kier molecular flexibility index (Phi) is 9.74. The summed E-state index contributed by atoms with van der Waals surface area (Å²) in [7, 11) is 4.73. The molecule has 0 aromatic heterocycles. The molecule has 0 aliphatic heterocycles. The number of amides is 1. The van der Waals surface area contributed by atoms with Crippen molar-refractivity contribution in [3.05, 3.63) is 17.7 Å². The molecule has 1 amide bonds. The van der Waals surface area contributed by atoms with Gasteiger partial charge in [0.2, 0.25) is 5.75 Å². The second-order valence-electron chi connectivity index (χ2n) is 8.55. The number of rotatable bonds is 9. The molecule has 3 N–H and O–H groups in total. The summed E-state index contributed by atoms with van der Waals surface area (Å²) >= 11 is 0.